The number of carbonyl (C=O) groups excluding carboxylic acids is 1. The van der Waals surface area contributed by atoms with Crippen molar-refractivity contribution in [2.24, 2.45) is 0 Å². The Morgan fingerprint density at radius 1 is 1.19 bits per heavy atom. The molecule has 3 rings (SSSR count). The van der Waals surface area contributed by atoms with E-state index in [1.807, 2.05) is 39.0 Å². The Labute approximate surface area is 200 Å². The van der Waals surface area contributed by atoms with Gasteiger partial charge in [-0.1, -0.05) is 36.2 Å². The lowest BCUT2D eigenvalue weighted by molar-refractivity contribution is 0.0771. The van der Waals surface area contributed by atoms with Gasteiger partial charge in [0.05, 0.1) is 16.3 Å². The lowest BCUT2D eigenvalue weighted by Crippen LogP contribution is -2.62. The Bertz CT molecular complexity index is 1070. The van der Waals surface area contributed by atoms with Crippen LogP contribution in [0.1, 0.15) is 56.1 Å². The molecule has 1 fully saturated rings. The second-order valence-corrected chi connectivity index (χ2v) is 11.6. The lowest BCUT2D eigenvalue weighted by atomic mass is 9.63. The van der Waals surface area contributed by atoms with E-state index in [9.17, 15) is 13.2 Å². The van der Waals surface area contributed by atoms with E-state index < -0.39 is 21.0 Å². The van der Waals surface area contributed by atoms with Crippen LogP contribution in [0.5, 0.6) is 0 Å². The highest BCUT2D eigenvalue weighted by molar-refractivity contribution is 7.89. The minimum atomic E-state index is -3.29. The van der Waals surface area contributed by atoms with Gasteiger partial charge in [0.15, 0.2) is 0 Å². The third-order valence-corrected chi connectivity index (χ3v) is 9.01. The Kier molecular flexibility index (Phi) is 7.55. The smallest absolute Gasteiger partial charge is 0.253 e. The fourth-order valence-electron chi connectivity index (χ4n) is 4.52. The van der Waals surface area contributed by atoms with Crippen LogP contribution in [0.15, 0.2) is 42.6 Å². The highest BCUT2D eigenvalue weighted by Gasteiger charge is 2.51. The number of carbonyl (C=O) groups is 1. The molecule has 2 heterocycles. The summed E-state index contributed by atoms with van der Waals surface area (Å²) in [6.45, 7) is 6.53. The van der Waals surface area contributed by atoms with E-state index in [1.165, 1.54) is 6.07 Å². The highest BCUT2D eigenvalue weighted by Crippen LogP contribution is 2.44. The third kappa shape index (κ3) is 4.96. The maximum atomic E-state index is 13.2. The highest BCUT2D eigenvalue weighted by atomic mass is 35.5. The van der Waals surface area contributed by atoms with Crippen LogP contribution in [0, 0.1) is 0 Å². The van der Waals surface area contributed by atoms with Gasteiger partial charge < -0.3 is 5.32 Å². The molecule has 1 amide bonds. The first-order valence-electron chi connectivity index (χ1n) is 10.7. The van der Waals surface area contributed by atoms with Gasteiger partial charge in [-0.2, -0.15) is 0 Å². The zero-order valence-electron chi connectivity index (χ0n) is 18.6. The molecule has 0 aliphatic carbocycles. The van der Waals surface area contributed by atoms with E-state index in [0.29, 0.717) is 42.9 Å². The molecule has 6 nitrogen and oxygen atoms in total. The summed E-state index contributed by atoms with van der Waals surface area (Å²) >= 11 is 12.2. The largest absolute Gasteiger partial charge is 0.346 e. The van der Waals surface area contributed by atoms with E-state index in [1.54, 1.807) is 22.6 Å². The number of piperidine rings is 1. The summed E-state index contributed by atoms with van der Waals surface area (Å²) in [6, 6.07) is 10.5. The molecule has 0 unspecified atom stereocenters. The van der Waals surface area contributed by atoms with Crippen LogP contribution in [-0.4, -0.2) is 48.0 Å². The number of nitrogens with zero attached hydrogens (tertiary/aromatic N) is 2. The molecule has 0 bridgehead atoms. The monoisotopic (exact) mass is 497 g/mol. The van der Waals surface area contributed by atoms with Crippen molar-refractivity contribution < 1.29 is 13.2 Å². The van der Waals surface area contributed by atoms with E-state index in [-0.39, 0.29) is 16.7 Å². The van der Waals surface area contributed by atoms with Crippen molar-refractivity contribution >= 4 is 39.1 Å². The zero-order chi connectivity index (χ0) is 23.6. The van der Waals surface area contributed by atoms with Crippen LogP contribution in [0.25, 0.3) is 0 Å². The lowest BCUT2D eigenvalue weighted by Gasteiger charge is -2.51. The van der Waals surface area contributed by atoms with Gasteiger partial charge in [0.1, 0.15) is 0 Å². The third-order valence-electron chi connectivity index (χ3n) is 6.38. The van der Waals surface area contributed by atoms with E-state index in [4.69, 9.17) is 23.2 Å². The predicted octanol–water partition coefficient (Wildman–Crippen LogP) is 4.67. The molecule has 174 valence electrons. The molecule has 0 spiro atoms. The summed E-state index contributed by atoms with van der Waals surface area (Å²) in [4.78, 5) is 17.8. The van der Waals surface area contributed by atoms with E-state index in [0.717, 1.165) is 5.69 Å². The molecule has 1 aromatic carbocycles. The summed E-state index contributed by atoms with van der Waals surface area (Å²) < 4.78 is 26.8. The number of benzene rings is 1. The number of amides is 1. The second kappa shape index (κ2) is 9.67. The average Bonchev–Trinajstić information content (AvgIpc) is 2.73. The van der Waals surface area contributed by atoms with Gasteiger partial charge in [-0.15, -0.1) is 0 Å². The molecule has 2 aromatic rings. The maximum Gasteiger partial charge on any atom is 0.253 e. The summed E-state index contributed by atoms with van der Waals surface area (Å²) in [5.74, 6) is -0.174. The van der Waals surface area contributed by atoms with Crippen molar-refractivity contribution in [3.63, 3.8) is 0 Å². The number of hydrogen-bond donors (Lipinski definition) is 1. The fraction of sp³-hybridized carbons (Fsp3) is 0.478. The van der Waals surface area contributed by atoms with Gasteiger partial charge in [0.2, 0.25) is 10.0 Å². The average molecular weight is 498 g/mol. The molecule has 1 saturated heterocycles. The molecule has 0 radical (unpaired) electrons. The minimum Gasteiger partial charge on any atom is -0.346 e. The predicted molar refractivity (Wildman–Crippen MR) is 129 cm³/mol. The van der Waals surface area contributed by atoms with Crippen LogP contribution in [0.4, 0.5) is 0 Å². The zero-order valence-corrected chi connectivity index (χ0v) is 20.9. The molecule has 9 heteroatoms. The Hall–Kier alpha value is -1.67. The molecule has 32 heavy (non-hydrogen) atoms. The number of hydrogen-bond acceptors (Lipinski definition) is 4. The van der Waals surface area contributed by atoms with Crippen LogP contribution < -0.4 is 5.32 Å². The first-order chi connectivity index (χ1) is 15.0. The summed E-state index contributed by atoms with van der Waals surface area (Å²) in [5.41, 5.74) is -0.119. The molecule has 1 aromatic heterocycles. The number of nitrogens with one attached hydrogen (secondary N) is 1. The van der Waals surface area contributed by atoms with Crippen LogP contribution >= 0.6 is 23.2 Å². The molecule has 0 saturated carbocycles. The first kappa shape index (κ1) is 25.0. The molecule has 1 aliphatic rings. The van der Waals surface area contributed by atoms with Crippen molar-refractivity contribution in [3.8, 4) is 0 Å². The van der Waals surface area contributed by atoms with Crippen LogP contribution in [0.3, 0.4) is 0 Å². The van der Waals surface area contributed by atoms with Gasteiger partial charge in [-0.3, -0.25) is 9.78 Å². The Balaban J connectivity index is 1.93. The normalized spacial score (nSPS) is 17.2. The van der Waals surface area contributed by atoms with Crippen molar-refractivity contribution in [3.05, 3.63) is 63.9 Å². The molecular formula is C23H29Cl2N3O3S. The summed E-state index contributed by atoms with van der Waals surface area (Å²) in [7, 11) is -3.29. The van der Waals surface area contributed by atoms with E-state index in [2.05, 4.69) is 10.3 Å². The van der Waals surface area contributed by atoms with Gasteiger partial charge >= 0.3 is 0 Å². The maximum absolute atomic E-state index is 13.2. The summed E-state index contributed by atoms with van der Waals surface area (Å²) in [6.07, 6.45) is 3.38. The molecule has 1 N–H and O–H groups in total. The minimum absolute atomic E-state index is 0.138. The topological polar surface area (TPSA) is 79.4 Å². The van der Waals surface area contributed by atoms with Gasteiger partial charge in [0, 0.05) is 41.0 Å². The summed E-state index contributed by atoms with van der Waals surface area (Å²) in [5, 5.41) is 3.88. The molecule has 0 atom stereocenters. The van der Waals surface area contributed by atoms with Gasteiger partial charge in [-0.05, 0) is 63.4 Å². The van der Waals surface area contributed by atoms with Crippen molar-refractivity contribution in [2.75, 3.05) is 18.8 Å². The SMILES string of the molecule is CCCS(=O)(=O)N1CCC(c2ccccn2)(C(C)(C)NC(=O)c2ccc(Cl)cc2Cl)CC1. The van der Waals surface area contributed by atoms with Crippen molar-refractivity contribution in [1.82, 2.24) is 14.6 Å². The van der Waals surface area contributed by atoms with Crippen LogP contribution in [-0.2, 0) is 15.4 Å². The standard InChI is InChI=1S/C23H29Cl2N3O3S/c1-4-15-32(30,31)28-13-10-23(11-14-28,20-7-5-6-12-26-20)22(2,3)27-21(29)18-9-8-17(24)16-19(18)25/h5-9,12,16H,4,10-11,13-15H2,1-3H3,(H,27,29). The number of sulfonamides is 1. The number of pyridine rings is 1. The van der Waals surface area contributed by atoms with Crippen LogP contribution in [0.2, 0.25) is 10.0 Å². The second-order valence-electron chi connectivity index (χ2n) is 8.72. The Morgan fingerprint density at radius 3 is 2.44 bits per heavy atom. The van der Waals surface area contributed by atoms with Gasteiger partial charge in [0.25, 0.3) is 5.91 Å². The molecule has 1 aliphatic heterocycles. The number of rotatable bonds is 7. The van der Waals surface area contributed by atoms with Crippen molar-refractivity contribution in [2.45, 2.75) is 51.0 Å². The Morgan fingerprint density at radius 2 is 1.88 bits per heavy atom. The van der Waals surface area contributed by atoms with Gasteiger partial charge in [-0.25, -0.2) is 12.7 Å². The van der Waals surface area contributed by atoms with E-state index >= 15 is 0 Å². The fourth-order valence-corrected chi connectivity index (χ4v) is 6.53. The first-order valence-corrected chi connectivity index (χ1v) is 13.1. The number of aromatic nitrogens is 1. The number of halogens is 2. The quantitative estimate of drug-likeness (QED) is 0.602. The molecular weight excluding hydrogens is 469 g/mol. The van der Waals surface area contributed by atoms with Crippen molar-refractivity contribution in [1.29, 1.82) is 0 Å².